The minimum Gasteiger partial charge on any atom is -0.497 e. The Morgan fingerprint density at radius 3 is 2.38 bits per heavy atom. The maximum atomic E-state index is 5.21. The molecule has 1 N–H and O–H groups in total. The molecule has 114 valence electrons. The molecule has 1 heterocycles. The number of thiazole rings is 1. The summed E-state index contributed by atoms with van der Waals surface area (Å²) in [6, 6.07) is 8.11. The van der Waals surface area contributed by atoms with Crippen molar-refractivity contribution in [2.24, 2.45) is 0 Å². The third-order valence-electron chi connectivity index (χ3n) is 3.28. The first-order valence-electron chi connectivity index (χ1n) is 7.31. The van der Waals surface area contributed by atoms with E-state index < -0.39 is 0 Å². The van der Waals surface area contributed by atoms with Crippen LogP contribution in [0, 0.1) is 0 Å². The molecule has 21 heavy (non-hydrogen) atoms. The van der Waals surface area contributed by atoms with Gasteiger partial charge in [-0.25, -0.2) is 4.98 Å². The van der Waals surface area contributed by atoms with E-state index in [2.05, 4.69) is 45.1 Å². The van der Waals surface area contributed by atoms with Gasteiger partial charge in [0.15, 0.2) is 0 Å². The van der Waals surface area contributed by atoms with Crippen molar-refractivity contribution in [3.05, 3.63) is 34.8 Å². The molecule has 0 saturated heterocycles. The normalized spacial score (nSPS) is 11.7. The van der Waals surface area contributed by atoms with Gasteiger partial charge in [0, 0.05) is 22.4 Å². The lowest BCUT2D eigenvalue weighted by atomic mass is 9.91. The van der Waals surface area contributed by atoms with Crippen LogP contribution < -0.4 is 10.1 Å². The molecule has 2 rings (SSSR count). The number of hydrogen-bond acceptors (Lipinski definition) is 4. The number of nitrogens with zero attached hydrogens (tertiary/aromatic N) is 1. The molecule has 0 amide bonds. The van der Waals surface area contributed by atoms with Gasteiger partial charge in [0.1, 0.15) is 10.8 Å². The van der Waals surface area contributed by atoms with Crippen LogP contribution in [0.1, 0.15) is 38.3 Å². The summed E-state index contributed by atoms with van der Waals surface area (Å²) in [7, 11) is 1.69. The van der Waals surface area contributed by atoms with Crippen molar-refractivity contribution in [2.45, 2.75) is 39.7 Å². The van der Waals surface area contributed by atoms with E-state index >= 15 is 0 Å². The van der Waals surface area contributed by atoms with E-state index in [1.54, 1.807) is 18.4 Å². The van der Waals surface area contributed by atoms with E-state index in [4.69, 9.17) is 9.72 Å². The average Bonchev–Trinajstić information content (AvgIpc) is 2.89. The molecule has 0 spiro atoms. The maximum absolute atomic E-state index is 5.21. The van der Waals surface area contributed by atoms with Crippen LogP contribution in [0.15, 0.2) is 24.3 Å². The summed E-state index contributed by atoms with van der Waals surface area (Å²) < 4.78 is 5.21. The number of hydrogen-bond donors (Lipinski definition) is 1. The van der Waals surface area contributed by atoms with Gasteiger partial charge in [0.2, 0.25) is 0 Å². The van der Waals surface area contributed by atoms with E-state index in [-0.39, 0.29) is 5.41 Å². The fourth-order valence-electron chi connectivity index (χ4n) is 2.15. The number of nitrogens with one attached hydrogen (secondary N) is 1. The summed E-state index contributed by atoms with van der Waals surface area (Å²) in [6.45, 7) is 10.6. The molecule has 0 radical (unpaired) electrons. The van der Waals surface area contributed by atoms with Crippen molar-refractivity contribution in [1.29, 1.82) is 0 Å². The Kier molecular flexibility index (Phi) is 5.01. The van der Waals surface area contributed by atoms with Gasteiger partial charge in [-0.3, -0.25) is 0 Å². The SMILES string of the molecule is CCNCc1sc(-c2ccc(OC)cc2)nc1C(C)(C)C. The van der Waals surface area contributed by atoms with Crippen molar-refractivity contribution in [2.75, 3.05) is 13.7 Å². The first kappa shape index (κ1) is 16.0. The standard InChI is InChI=1S/C17H24N2OS/c1-6-18-11-14-15(17(2,3)4)19-16(21-14)12-7-9-13(20-5)10-8-12/h7-10,18H,6,11H2,1-5H3. The Labute approximate surface area is 131 Å². The molecule has 0 aliphatic heterocycles. The maximum Gasteiger partial charge on any atom is 0.123 e. The summed E-state index contributed by atoms with van der Waals surface area (Å²) in [5.74, 6) is 0.874. The summed E-state index contributed by atoms with van der Waals surface area (Å²) in [5, 5.41) is 4.49. The second kappa shape index (κ2) is 6.58. The highest BCUT2D eigenvalue weighted by atomic mass is 32.1. The Morgan fingerprint density at radius 1 is 1.19 bits per heavy atom. The van der Waals surface area contributed by atoms with Crippen LogP contribution >= 0.6 is 11.3 Å². The van der Waals surface area contributed by atoms with E-state index in [1.165, 1.54) is 10.6 Å². The number of ether oxygens (including phenoxy) is 1. The molecular formula is C17H24N2OS. The Bertz CT molecular complexity index is 582. The minimum absolute atomic E-state index is 0.0615. The van der Waals surface area contributed by atoms with Crippen LogP contribution in [0.5, 0.6) is 5.75 Å². The second-order valence-electron chi connectivity index (χ2n) is 6.05. The highest BCUT2D eigenvalue weighted by Gasteiger charge is 2.23. The Hall–Kier alpha value is -1.39. The molecule has 0 unspecified atom stereocenters. The molecule has 0 saturated carbocycles. The zero-order chi connectivity index (χ0) is 15.5. The second-order valence-corrected chi connectivity index (χ2v) is 7.13. The minimum atomic E-state index is 0.0615. The molecule has 0 atom stereocenters. The fourth-order valence-corrected chi connectivity index (χ4v) is 3.40. The van der Waals surface area contributed by atoms with Gasteiger partial charge in [-0.2, -0.15) is 0 Å². The predicted octanol–water partition coefficient (Wildman–Crippen LogP) is 4.23. The zero-order valence-corrected chi connectivity index (χ0v) is 14.3. The van der Waals surface area contributed by atoms with Crippen molar-refractivity contribution in [3.8, 4) is 16.3 Å². The lowest BCUT2D eigenvalue weighted by molar-refractivity contribution is 0.415. The Balaban J connectivity index is 2.37. The predicted molar refractivity (Wildman–Crippen MR) is 90.2 cm³/mol. The summed E-state index contributed by atoms with van der Waals surface area (Å²) >= 11 is 1.78. The number of aromatic nitrogens is 1. The lowest BCUT2D eigenvalue weighted by Crippen LogP contribution is -2.18. The van der Waals surface area contributed by atoms with Gasteiger partial charge in [-0.15, -0.1) is 11.3 Å². The Morgan fingerprint density at radius 2 is 1.86 bits per heavy atom. The number of benzene rings is 1. The quantitative estimate of drug-likeness (QED) is 0.898. The van der Waals surface area contributed by atoms with Crippen molar-refractivity contribution < 1.29 is 4.74 Å². The van der Waals surface area contributed by atoms with E-state index in [0.29, 0.717) is 0 Å². The van der Waals surface area contributed by atoms with Crippen LogP contribution in [0.25, 0.3) is 10.6 Å². The largest absolute Gasteiger partial charge is 0.497 e. The monoisotopic (exact) mass is 304 g/mol. The van der Waals surface area contributed by atoms with E-state index in [9.17, 15) is 0 Å². The first-order valence-corrected chi connectivity index (χ1v) is 8.12. The van der Waals surface area contributed by atoms with Gasteiger partial charge in [0.05, 0.1) is 12.8 Å². The summed E-state index contributed by atoms with van der Waals surface area (Å²) in [6.07, 6.45) is 0. The third kappa shape index (κ3) is 3.83. The summed E-state index contributed by atoms with van der Waals surface area (Å²) in [5.41, 5.74) is 2.40. The topological polar surface area (TPSA) is 34.1 Å². The van der Waals surface area contributed by atoms with Gasteiger partial charge in [0.25, 0.3) is 0 Å². The van der Waals surface area contributed by atoms with E-state index in [1.807, 2.05) is 12.1 Å². The highest BCUT2D eigenvalue weighted by Crippen LogP contribution is 2.34. The van der Waals surface area contributed by atoms with Gasteiger partial charge < -0.3 is 10.1 Å². The molecular weight excluding hydrogens is 280 g/mol. The molecule has 0 fully saturated rings. The van der Waals surface area contributed by atoms with Crippen LogP contribution in [0.3, 0.4) is 0 Å². The first-order chi connectivity index (χ1) is 9.95. The van der Waals surface area contributed by atoms with Crippen LogP contribution in [-0.2, 0) is 12.0 Å². The molecule has 2 aromatic rings. The van der Waals surface area contributed by atoms with Crippen LogP contribution in [0.2, 0.25) is 0 Å². The molecule has 0 aliphatic carbocycles. The molecule has 1 aromatic heterocycles. The molecule has 3 nitrogen and oxygen atoms in total. The van der Waals surface area contributed by atoms with Crippen LogP contribution in [-0.4, -0.2) is 18.6 Å². The van der Waals surface area contributed by atoms with Gasteiger partial charge >= 0.3 is 0 Å². The average molecular weight is 304 g/mol. The molecule has 0 bridgehead atoms. The highest BCUT2D eigenvalue weighted by molar-refractivity contribution is 7.15. The summed E-state index contributed by atoms with van der Waals surface area (Å²) in [4.78, 5) is 6.23. The number of rotatable bonds is 5. The van der Waals surface area contributed by atoms with Crippen LogP contribution in [0.4, 0.5) is 0 Å². The zero-order valence-electron chi connectivity index (χ0n) is 13.5. The van der Waals surface area contributed by atoms with Crippen molar-refractivity contribution in [1.82, 2.24) is 10.3 Å². The lowest BCUT2D eigenvalue weighted by Gasteiger charge is -2.17. The van der Waals surface area contributed by atoms with Gasteiger partial charge in [-0.05, 0) is 30.8 Å². The molecule has 1 aromatic carbocycles. The van der Waals surface area contributed by atoms with Crippen molar-refractivity contribution >= 4 is 11.3 Å². The molecule has 0 aliphatic rings. The molecule has 4 heteroatoms. The van der Waals surface area contributed by atoms with Crippen molar-refractivity contribution in [3.63, 3.8) is 0 Å². The number of methoxy groups -OCH3 is 1. The smallest absolute Gasteiger partial charge is 0.123 e. The van der Waals surface area contributed by atoms with Gasteiger partial charge in [-0.1, -0.05) is 27.7 Å². The third-order valence-corrected chi connectivity index (χ3v) is 4.38. The fraction of sp³-hybridized carbons (Fsp3) is 0.471. The van der Waals surface area contributed by atoms with E-state index in [0.717, 1.165) is 29.4 Å².